The predicted molar refractivity (Wildman–Crippen MR) is 120 cm³/mol. The van der Waals surface area contributed by atoms with Gasteiger partial charge in [-0.2, -0.15) is 9.50 Å². The van der Waals surface area contributed by atoms with Gasteiger partial charge in [-0.1, -0.05) is 19.4 Å². The van der Waals surface area contributed by atoms with Crippen LogP contribution in [0.4, 0.5) is 11.5 Å². The van der Waals surface area contributed by atoms with Crippen LogP contribution in [0.1, 0.15) is 29.4 Å². The van der Waals surface area contributed by atoms with Gasteiger partial charge in [0, 0.05) is 47.5 Å². The van der Waals surface area contributed by atoms with Crippen molar-refractivity contribution in [2.24, 2.45) is 0 Å². The maximum atomic E-state index is 12.1. The molecule has 0 radical (unpaired) electrons. The van der Waals surface area contributed by atoms with Gasteiger partial charge in [0.25, 0.3) is 11.7 Å². The van der Waals surface area contributed by atoms with Crippen molar-refractivity contribution in [3.05, 3.63) is 78.8 Å². The molecule has 0 saturated heterocycles. The minimum absolute atomic E-state index is 0.139. The van der Waals surface area contributed by atoms with E-state index in [0.717, 1.165) is 35.6 Å². The number of nitrogens with zero attached hydrogens (tertiary/aromatic N) is 5. The van der Waals surface area contributed by atoms with Crippen molar-refractivity contribution in [2.45, 2.75) is 19.8 Å². The van der Waals surface area contributed by atoms with E-state index in [0.29, 0.717) is 23.7 Å². The molecule has 0 atom stereocenters. The van der Waals surface area contributed by atoms with Crippen LogP contribution in [0.3, 0.4) is 0 Å². The highest BCUT2D eigenvalue weighted by Gasteiger charge is 2.13. The van der Waals surface area contributed by atoms with Gasteiger partial charge in [-0.15, -0.1) is 11.7 Å². The van der Waals surface area contributed by atoms with Gasteiger partial charge in [0.1, 0.15) is 5.82 Å². The van der Waals surface area contributed by atoms with Crippen molar-refractivity contribution in [1.29, 1.82) is 0 Å². The number of nitrogens with one attached hydrogen (secondary N) is 2. The van der Waals surface area contributed by atoms with Gasteiger partial charge in [-0.25, -0.2) is 4.98 Å². The Kier molecular flexibility index (Phi) is 5.98. The number of fused-ring (bicyclic) bond motifs is 1. The number of pyridine rings is 1. The Morgan fingerprint density at radius 1 is 1.19 bits per heavy atom. The van der Waals surface area contributed by atoms with E-state index in [9.17, 15) is 4.79 Å². The number of amides is 1. The van der Waals surface area contributed by atoms with Gasteiger partial charge >= 0.3 is 0 Å². The average Bonchev–Trinajstić information content (AvgIpc) is 3.23. The summed E-state index contributed by atoms with van der Waals surface area (Å²) >= 11 is 0. The lowest BCUT2D eigenvalue weighted by Crippen LogP contribution is -2.22. The molecule has 0 aliphatic heterocycles. The second kappa shape index (κ2) is 9.17. The zero-order valence-electron chi connectivity index (χ0n) is 17.2. The Balaban J connectivity index is 1.66. The van der Waals surface area contributed by atoms with Crippen LogP contribution in [0, 0.1) is 0 Å². The molecule has 1 aromatic carbocycles. The van der Waals surface area contributed by atoms with Gasteiger partial charge in [-0.05, 0) is 42.8 Å². The third-order valence-electron chi connectivity index (χ3n) is 4.62. The second-order valence-electron chi connectivity index (χ2n) is 6.97. The molecule has 0 aliphatic carbocycles. The number of carbonyl (C=O) groups excluding carboxylic acids is 1. The molecule has 3 heterocycles. The second-order valence-corrected chi connectivity index (χ2v) is 6.97. The van der Waals surface area contributed by atoms with Gasteiger partial charge in [0.2, 0.25) is 0 Å². The molecular weight excluding hydrogens is 390 g/mol. The number of benzene rings is 1. The van der Waals surface area contributed by atoms with Crippen LogP contribution < -0.4 is 10.6 Å². The number of aromatic nitrogens is 5. The predicted octanol–water partition coefficient (Wildman–Crippen LogP) is 3.80. The first kappa shape index (κ1) is 20.2. The Bertz CT molecular complexity index is 1200. The highest BCUT2D eigenvalue weighted by Crippen LogP contribution is 2.22. The van der Waals surface area contributed by atoms with Crippen LogP contribution >= 0.6 is 0 Å². The van der Waals surface area contributed by atoms with Gasteiger partial charge < -0.3 is 10.6 Å². The molecule has 2 N–H and O–H groups in total. The minimum Gasteiger partial charge on any atom is -0.349 e. The molecule has 0 fully saturated rings. The van der Waals surface area contributed by atoms with E-state index in [1.165, 1.54) is 0 Å². The van der Waals surface area contributed by atoms with E-state index in [1.54, 1.807) is 35.1 Å². The van der Waals surface area contributed by atoms with Gasteiger partial charge in [0.05, 0.1) is 0 Å². The molecule has 0 aliphatic rings. The minimum atomic E-state index is -0.139. The fourth-order valence-electron chi connectivity index (χ4n) is 3.13. The lowest BCUT2D eigenvalue weighted by Gasteiger charge is -2.10. The van der Waals surface area contributed by atoms with E-state index in [1.807, 2.05) is 30.3 Å². The first-order valence-corrected chi connectivity index (χ1v) is 10.1. The summed E-state index contributed by atoms with van der Waals surface area (Å²) in [6.07, 6.45) is 6.90. The molecule has 4 aromatic rings. The third kappa shape index (κ3) is 4.58. The quantitative estimate of drug-likeness (QED) is 0.427. The highest BCUT2D eigenvalue weighted by molar-refractivity contribution is 5.94. The molecule has 0 unspecified atom stereocenters. The SMILES string of the molecule is C=CCNC(=O)c1ccc(Nc2cc(CCC)nc3nc(-c4cccnc4)nn23)cc1. The number of aryl methyl sites for hydroxylation is 1. The van der Waals surface area contributed by atoms with E-state index >= 15 is 0 Å². The summed E-state index contributed by atoms with van der Waals surface area (Å²) in [4.78, 5) is 25.5. The molecule has 0 saturated carbocycles. The molecule has 31 heavy (non-hydrogen) atoms. The standard InChI is InChI=1S/C23H23N7O/c1-3-6-19-14-20(26-18-10-8-16(9-11-18)22(31)25-12-4-2)30-23(27-19)28-21(29-30)17-7-5-13-24-15-17/h4-5,7-11,13-15,26H,2-3,6,12H2,1H3,(H,25,31). The van der Waals surface area contributed by atoms with Crippen LogP contribution in [-0.4, -0.2) is 37.0 Å². The molecule has 0 bridgehead atoms. The third-order valence-corrected chi connectivity index (χ3v) is 4.62. The van der Waals surface area contributed by atoms with Crippen molar-refractivity contribution in [3.8, 4) is 11.4 Å². The molecule has 3 aromatic heterocycles. The van der Waals surface area contributed by atoms with Crippen LogP contribution in [-0.2, 0) is 6.42 Å². The summed E-state index contributed by atoms with van der Waals surface area (Å²) in [5.41, 5.74) is 3.17. The van der Waals surface area contributed by atoms with Crippen LogP contribution in [0.2, 0.25) is 0 Å². The Morgan fingerprint density at radius 3 is 2.74 bits per heavy atom. The molecule has 8 heteroatoms. The van der Waals surface area contributed by atoms with E-state index in [4.69, 9.17) is 0 Å². The smallest absolute Gasteiger partial charge is 0.254 e. The summed E-state index contributed by atoms with van der Waals surface area (Å²) in [7, 11) is 0. The Hall–Kier alpha value is -4.07. The summed E-state index contributed by atoms with van der Waals surface area (Å²) in [5.74, 6) is 1.69. The summed E-state index contributed by atoms with van der Waals surface area (Å²) < 4.78 is 1.69. The topological polar surface area (TPSA) is 97.1 Å². The maximum Gasteiger partial charge on any atom is 0.254 e. The Morgan fingerprint density at radius 2 is 2.03 bits per heavy atom. The van der Waals surface area contributed by atoms with Crippen LogP contribution in [0.5, 0.6) is 0 Å². The lowest BCUT2D eigenvalue weighted by atomic mass is 10.2. The number of hydrogen-bond acceptors (Lipinski definition) is 6. The molecule has 156 valence electrons. The number of anilines is 2. The first-order valence-electron chi connectivity index (χ1n) is 10.1. The highest BCUT2D eigenvalue weighted by atomic mass is 16.1. The molecule has 8 nitrogen and oxygen atoms in total. The fourth-order valence-corrected chi connectivity index (χ4v) is 3.13. The number of rotatable bonds is 8. The summed E-state index contributed by atoms with van der Waals surface area (Å²) in [6.45, 7) is 6.15. The van der Waals surface area contributed by atoms with E-state index in [-0.39, 0.29) is 5.91 Å². The van der Waals surface area contributed by atoms with Crippen molar-refractivity contribution in [3.63, 3.8) is 0 Å². The molecule has 1 amide bonds. The maximum absolute atomic E-state index is 12.1. The van der Waals surface area contributed by atoms with Crippen molar-refractivity contribution < 1.29 is 4.79 Å². The monoisotopic (exact) mass is 413 g/mol. The van der Waals surface area contributed by atoms with E-state index in [2.05, 4.69) is 44.2 Å². The van der Waals surface area contributed by atoms with Gasteiger partial charge in [0.15, 0.2) is 5.82 Å². The van der Waals surface area contributed by atoms with Crippen molar-refractivity contribution in [2.75, 3.05) is 11.9 Å². The zero-order chi connectivity index (χ0) is 21.6. The molecule has 0 spiro atoms. The van der Waals surface area contributed by atoms with Crippen LogP contribution in [0.15, 0.2) is 67.5 Å². The van der Waals surface area contributed by atoms with Crippen molar-refractivity contribution >= 4 is 23.2 Å². The largest absolute Gasteiger partial charge is 0.349 e. The summed E-state index contributed by atoms with van der Waals surface area (Å²) in [5, 5.41) is 10.8. The van der Waals surface area contributed by atoms with E-state index < -0.39 is 0 Å². The molecular formula is C23H23N7O. The Labute approximate surface area is 180 Å². The first-order chi connectivity index (χ1) is 15.2. The number of hydrogen-bond donors (Lipinski definition) is 2. The molecule has 4 rings (SSSR count). The lowest BCUT2D eigenvalue weighted by molar-refractivity contribution is 0.0958. The summed E-state index contributed by atoms with van der Waals surface area (Å²) in [6, 6.07) is 13.0. The number of carbonyl (C=O) groups is 1. The van der Waals surface area contributed by atoms with Crippen LogP contribution in [0.25, 0.3) is 17.2 Å². The zero-order valence-corrected chi connectivity index (χ0v) is 17.2. The average molecular weight is 413 g/mol. The normalized spacial score (nSPS) is 10.7. The van der Waals surface area contributed by atoms with Crippen molar-refractivity contribution in [1.82, 2.24) is 29.9 Å². The van der Waals surface area contributed by atoms with Gasteiger partial charge in [-0.3, -0.25) is 9.78 Å². The fraction of sp³-hybridized carbons (Fsp3) is 0.174.